The van der Waals surface area contributed by atoms with Gasteiger partial charge in [-0.25, -0.2) is 8.42 Å². The molecule has 0 aliphatic carbocycles. The molecule has 1 atom stereocenters. The van der Waals surface area contributed by atoms with Gasteiger partial charge in [0.1, 0.15) is 0 Å². The number of sulfonamides is 1. The molecule has 0 saturated heterocycles. The Balaban J connectivity index is 2.78. The monoisotopic (exact) mass is 304 g/mol. The molecule has 1 aromatic rings. The van der Waals surface area contributed by atoms with Crippen molar-refractivity contribution in [3.8, 4) is 0 Å². The largest absolute Gasteiger partial charge is 0.316 e. The Bertz CT molecular complexity index is 505. The maximum atomic E-state index is 12.2. The van der Waals surface area contributed by atoms with E-state index in [2.05, 4.69) is 5.32 Å². The molecule has 0 amide bonds. The number of benzene rings is 1. The lowest BCUT2D eigenvalue weighted by Gasteiger charge is -2.24. The van der Waals surface area contributed by atoms with Gasteiger partial charge >= 0.3 is 0 Å². The molecule has 0 aromatic heterocycles. The summed E-state index contributed by atoms with van der Waals surface area (Å²) in [6.45, 7) is 5.04. The zero-order chi connectivity index (χ0) is 14.5. The van der Waals surface area contributed by atoms with Crippen LogP contribution in [0, 0.1) is 0 Å². The first-order valence-corrected chi connectivity index (χ1v) is 8.29. The van der Waals surface area contributed by atoms with E-state index in [0.717, 1.165) is 12.1 Å². The molecule has 1 aromatic carbocycles. The third-order valence-corrected chi connectivity index (χ3v) is 5.25. The number of hydrogen-bond donors (Lipinski definition) is 1. The fourth-order valence-electron chi connectivity index (χ4n) is 1.74. The summed E-state index contributed by atoms with van der Waals surface area (Å²) in [5.74, 6) is 0.0995. The van der Waals surface area contributed by atoms with Crippen molar-refractivity contribution in [2.75, 3.05) is 25.9 Å². The number of halogens is 1. The molecule has 0 fully saturated rings. The van der Waals surface area contributed by atoms with Crippen LogP contribution in [-0.4, -0.2) is 38.6 Å². The average Bonchev–Trinajstić information content (AvgIpc) is 2.37. The Morgan fingerprint density at radius 2 is 2.11 bits per heavy atom. The van der Waals surface area contributed by atoms with Crippen LogP contribution in [0.3, 0.4) is 0 Å². The van der Waals surface area contributed by atoms with Crippen molar-refractivity contribution in [3.63, 3.8) is 0 Å². The quantitative estimate of drug-likeness (QED) is 0.786. The summed E-state index contributed by atoms with van der Waals surface area (Å²) in [5.41, 5.74) is 0.891. The van der Waals surface area contributed by atoms with Gasteiger partial charge in [0.15, 0.2) is 0 Å². The summed E-state index contributed by atoms with van der Waals surface area (Å²) in [6, 6.07) is 7.05. The second kappa shape index (κ2) is 7.24. The van der Waals surface area contributed by atoms with Crippen LogP contribution in [0.2, 0.25) is 5.02 Å². The van der Waals surface area contributed by atoms with Crippen molar-refractivity contribution < 1.29 is 8.42 Å². The summed E-state index contributed by atoms with van der Waals surface area (Å²) in [5, 5.41) is 3.63. The van der Waals surface area contributed by atoms with E-state index in [9.17, 15) is 8.42 Å². The van der Waals surface area contributed by atoms with Crippen LogP contribution in [0.25, 0.3) is 0 Å². The molecule has 1 N–H and O–H groups in total. The highest BCUT2D eigenvalue weighted by Crippen LogP contribution is 2.23. The van der Waals surface area contributed by atoms with Gasteiger partial charge < -0.3 is 5.32 Å². The van der Waals surface area contributed by atoms with Crippen LogP contribution in [0.1, 0.15) is 25.5 Å². The summed E-state index contributed by atoms with van der Waals surface area (Å²) >= 11 is 5.93. The van der Waals surface area contributed by atoms with Crippen LogP contribution in [0.4, 0.5) is 0 Å². The summed E-state index contributed by atoms with van der Waals surface area (Å²) in [6.07, 6.45) is 0. The van der Waals surface area contributed by atoms with Crippen LogP contribution in [0.5, 0.6) is 0 Å². The van der Waals surface area contributed by atoms with Crippen molar-refractivity contribution in [3.05, 3.63) is 34.9 Å². The standard InChI is InChI=1S/C13H21ClN2O2S/c1-4-15-8-9-19(17,18)16(3)11(2)12-6-5-7-13(14)10-12/h5-7,10-11,15H,4,8-9H2,1-3H3. The molecule has 0 heterocycles. The van der Waals surface area contributed by atoms with Crippen molar-refractivity contribution >= 4 is 21.6 Å². The van der Waals surface area contributed by atoms with E-state index in [1.54, 1.807) is 19.2 Å². The minimum absolute atomic E-state index is 0.0995. The molecule has 1 rings (SSSR count). The SMILES string of the molecule is CCNCCS(=O)(=O)N(C)C(C)c1cccc(Cl)c1. The molecule has 4 nitrogen and oxygen atoms in total. The van der Waals surface area contributed by atoms with Gasteiger partial charge in [0.05, 0.1) is 5.75 Å². The Morgan fingerprint density at radius 1 is 1.42 bits per heavy atom. The Morgan fingerprint density at radius 3 is 2.68 bits per heavy atom. The van der Waals surface area contributed by atoms with Gasteiger partial charge in [-0.2, -0.15) is 4.31 Å². The number of nitrogens with zero attached hydrogens (tertiary/aromatic N) is 1. The number of hydrogen-bond acceptors (Lipinski definition) is 3. The molecule has 6 heteroatoms. The van der Waals surface area contributed by atoms with E-state index in [0.29, 0.717) is 11.6 Å². The molecule has 0 aliphatic heterocycles. The second-order valence-electron chi connectivity index (χ2n) is 4.42. The molecule has 108 valence electrons. The number of nitrogens with one attached hydrogen (secondary N) is 1. The Hall–Kier alpha value is -0.620. The minimum atomic E-state index is -3.27. The van der Waals surface area contributed by atoms with Crippen molar-refractivity contribution in [2.45, 2.75) is 19.9 Å². The highest BCUT2D eigenvalue weighted by Gasteiger charge is 2.23. The first-order chi connectivity index (χ1) is 8.88. The average molecular weight is 305 g/mol. The molecule has 0 aliphatic rings. The fraction of sp³-hybridized carbons (Fsp3) is 0.538. The third kappa shape index (κ3) is 4.76. The van der Waals surface area contributed by atoms with Crippen molar-refractivity contribution in [1.82, 2.24) is 9.62 Å². The second-order valence-corrected chi connectivity index (χ2v) is 7.00. The predicted octanol–water partition coefficient (Wildman–Crippen LogP) is 2.27. The van der Waals surface area contributed by atoms with Gasteiger partial charge in [-0.1, -0.05) is 30.7 Å². The topological polar surface area (TPSA) is 49.4 Å². The van der Waals surface area contributed by atoms with E-state index in [-0.39, 0.29) is 11.8 Å². The molecular formula is C13H21ClN2O2S. The van der Waals surface area contributed by atoms with E-state index >= 15 is 0 Å². The van der Waals surface area contributed by atoms with Gasteiger partial charge in [-0.05, 0) is 31.2 Å². The van der Waals surface area contributed by atoms with Crippen LogP contribution in [0.15, 0.2) is 24.3 Å². The molecule has 0 bridgehead atoms. The Kier molecular flexibility index (Phi) is 6.26. The van der Waals surface area contributed by atoms with E-state index in [1.165, 1.54) is 4.31 Å². The van der Waals surface area contributed by atoms with Gasteiger partial charge in [0, 0.05) is 24.7 Å². The fourth-order valence-corrected chi connectivity index (χ4v) is 3.23. The molecule has 0 radical (unpaired) electrons. The smallest absolute Gasteiger partial charge is 0.215 e. The Labute approximate surface area is 120 Å². The molecule has 0 saturated carbocycles. The maximum Gasteiger partial charge on any atom is 0.215 e. The lowest BCUT2D eigenvalue weighted by atomic mass is 10.1. The van der Waals surface area contributed by atoms with Crippen molar-refractivity contribution in [1.29, 1.82) is 0 Å². The first kappa shape index (κ1) is 16.4. The molecule has 0 spiro atoms. The summed E-state index contributed by atoms with van der Waals surface area (Å²) < 4.78 is 25.7. The summed E-state index contributed by atoms with van der Waals surface area (Å²) in [7, 11) is -1.66. The van der Waals surface area contributed by atoms with Crippen molar-refractivity contribution in [2.24, 2.45) is 0 Å². The lowest BCUT2D eigenvalue weighted by molar-refractivity contribution is 0.398. The lowest BCUT2D eigenvalue weighted by Crippen LogP contribution is -2.35. The van der Waals surface area contributed by atoms with Crippen LogP contribution >= 0.6 is 11.6 Å². The third-order valence-electron chi connectivity index (χ3n) is 3.10. The highest BCUT2D eigenvalue weighted by atomic mass is 35.5. The normalized spacial score (nSPS) is 13.7. The molecule has 19 heavy (non-hydrogen) atoms. The zero-order valence-electron chi connectivity index (χ0n) is 11.6. The first-order valence-electron chi connectivity index (χ1n) is 6.30. The highest BCUT2D eigenvalue weighted by molar-refractivity contribution is 7.89. The van der Waals surface area contributed by atoms with Gasteiger partial charge in [0.2, 0.25) is 10.0 Å². The molecular weight excluding hydrogens is 284 g/mol. The minimum Gasteiger partial charge on any atom is -0.316 e. The predicted molar refractivity (Wildman–Crippen MR) is 80.0 cm³/mol. The van der Waals surface area contributed by atoms with Gasteiger partial charge in [-0.15, -0.1) is 0 Å². The van der Waals surface area contributed by atoms with E-state index in [4.69, 9.17) is 11.6 Å². The van der Waals surface area contributed by atoms with Gasteiger partial charge in [-0.3, -0.25) is 0 Å². The van der Waals surface area contributed by atoms with Gasteiger partial charge in [0.25, 0.3) is 0 Å². The van der Waals surface area contributed by atoms with E-state index in [1.807, 2.05) is 26.0 Å². The molecule has 1 unspecified atom stereocenters. The zero-order valence-corrected chi connectivity index (χ0v) is 13.1. The summed E-state index contributed by atoms with van der Waals surface area (Å²) in [4.78, 5) is 0. The maximum absolute atomic E-state index is 12.2. The van der Waals surface area contributed by atoms with E-state index < -0.39 is 10.0 Å². The van der Waals surface area contributed by atoms with Crippen LogP contribution < -0.4 is 5.32 Å². The number of rotatable bonds is 7. The van der Waals surface area contributed by atoms with Crippen LogP contribution in [-0.2, 0) is 10.0 Å².